The Hall–Kier alpha value is -1.50. The lowest BCUT2D eigenvalue weighted by Crippen LogP contribution is -2.61. The van der Waals surface area contributed by atoms with Gasteiger partial charge in [-0.25, -0.2) is 0 Å². The van der Waals surface area contributed by atoms with Crippen molar-refractivity contribution in [3.8, 4) is 11.8 Å². The predicted molar refractivity (Wildman–Crippen MR) is 108 cm³/mol. The van der Waals surface area contributed by atoms with Crippen LogP contribution in [0.15, 0.2) is 0 Å². The second-order valence-corrected chi connectivity index (χ2v) is 10.5. The summed E-state index contributed by atoms with van der Waals surface area (Å²) in [6.45, 7) is 5.59. The monoisotopic (exact) mass is 382 g/mol. The summed E-state index contributed by atoms with van der Waals surface area (Å²) in [6, 6.07) is 0.374. The highest BCUT2D eigenvalue weighted by Gasteiger charge is 2.65. The minimum absolute atomic E-state index is 0.0229. The third kappa shape index (κ3) is 2.31. The van der Waals surface area contributed by atoms with E-state index in [2.05, 4.69) is 36.3 Å². The number of nitrogens with one attached hydrogen (secondary N) is 2. The molecule has 0 aromatic carbocycles. The molecule has 2 amide bonds. The molecule has 4 unspecified atom stereocenters. The number of hydrogen-bond acceptors (Lipinski definition) is 2. The summed E-state index contributed by atoms with van der Waals surface area (Å²) < 4.78 is 0. The van der Waals surface area contributed by atoms with Gasteiger partial charge in [0.1, 0.15) is 0 Å². The van der Waals surface area contributed by atoms with E-state index >= 15 is 0 Å². The van der Waals surface area contributed by atoms with Crippen LogP contribution in [-0.4, -0.2) is 24.4 Å². The van der Waals surface area contributed by atoms with Gasteiger partial charge in [0, 0.05) is 24.4 Å². The molecule has 2 aliphatic heterocycles. The van der Waals surface area contributed by atoms with Crippen molar-refractivity contribution in [3.05, 3.63) is 0 Å². The Kier molecular flexibility index (Phi) is 4.13. The largest absolute Gasteiger partial charge is 0.353 e. The Balaban J connectivity index is 1.50. The Bertz CT molecular complexity index is 766. The maximum atomic E-state index is 12.0. The van der Waals surface area contributed by atoms with E-state index in [1.807, 2.05) is 0 Å². The van der Waals surface area contributed by atoms with E-state index in [-0.39, 0.29) is 28.1 Å². The lowest BCUT2D eigenvalue weighted by Gasteiger charge is -2.62. The minimum Gasteiger partial charge on any atom is -0.353 e. The number of rotatable bonds is 1. The second kappa shape index (κ2) is 6.25. The van der Waals surface area contributed by atoms with Gasteiger partial charge in [0.25, 0.3) is 5.91 Å². The van der Waals surface area contributed by atoms with Gasteiger partial charge < -0.3 is 10.6 Å². The summed E-state index contributed by atoms with van der Waals surface area (Å²) in [5, 5.41) is 6.32. The SMILES string of the molecule is CC[C@]12CCC3C(CCC4NC(=O)CC[C@@]43C)C1CC[C@@]21C#CC(=O)NCC1. The first-order chi connectivity index (χ1) is 13.4. The highest BCUT2D eigenvalue weighted by atomic mass is 16.2. The topological polar surface area (TPSA) is 58.2 Å². The summed E-state index contributed by atoms with van der Waals surface area (Å²) >= 11 is 0. The van der Waals surface area contributed by atoms with Gasteiger partial charge >= 0.3 is 0 Å². The van der Waals surface area contributed by atoms with Crippen LogP contribution >= 0.6 is 0 Å². The Labute approximate surface area is 169 Å². The smallest absolute Gasteiger partial charge is 0.295 e. The average molecular weight is 383 g/mol. The summed E-state index contributed by atoms with van der Waals surface area (Å²) in [5.74, 6) is 8.88. The summed E-state index contributed by atoms with van der Waals surface area (Å²) in [4.78, 5) is 23.9. The van der Waals surface area contributed by atoms with Crippen LogP contribution in [-0.2, 0) is 9.59 Å². The van der Waals surface area contributed by atoms with Crippen LogP contribution in [0.2, 0.25) is 0 Å². The van der Waals surface area contributed by atoms with Crippen molar-refractivity contribution in [2.45, 2.75) is 84.1 Å². The van der Waals surface area contributed by atoms with Crippen LogP contribution in [0.5, 0.6) is 0 Å². The lowest BCUT2D eigenvalue weighted by atomic mass is 9.44. The second-order valence-electron chi connectivity index (χ2n) is 10.5. The van der Waals surface area contributed by atoms with E-state index in [1.54, 1.807) is 0 Å². The fourth-order valence-corrected chi connectivity index (χ4v) is 8.66. The van der Waals surface area contributed by atoms with Crippen LogP contribution in [0.3, 0.4) is 0 Å². The van der Waals surface area contributed by atoms with Crippen LogP contribution in [0.4, 0.5) is 0 Å². The standard InChI is InChI=1S/C24H34N2O2/c1-3-24-13-7-17-16(4-5-19-22(17,2)10-8-21(28)26-19)18(24)6-11-23(24)12-9-20(27)25-15-14-23/h16-19H,3-8,10-11,13-15H2,1-2H3,(H,25,27)(H,26,28)/t16?,17?,18?,19?,22-,23+,24+/m1/s1. The summed E-state index contributed by atoms with van der Waals surface area (Å²) in [7, 11) is 0. The van der Waals surface area contributed by atoms with E-state index in [0.717, 1.165) is 50.0 Å². The average Bonchev–Trinajstić information content (AvgIpc) is 2.89. The number of piperidine rings is 1. The number of fused-ring (bicyclic) bond motifs is 6. The Morgan fingerprint density at radius 2 is 1.86 bits per heavy atom. The zero-order valence-corrected chi connectivity index (χ0v) is 17.4. The van der Waals surface area contributed by atoms with Crippen LogP contribution < -0.4 is 10.6 Å². The molecule has 2 N–H and O–H groups in total. The van der Waals surface area contributed by atoms with Crippen LogP contribution in [0.25, 0.3) is 0 Å². The van der Waals surface area contributed by atoms with Crippen molar-refractivity contribution in [1.82, 2.24) is 10.6 Å². The molecule has 3 aliphatic carbocycles. The van der Waals surface area contributed by atoms with Gasteiger partial charge in [0.2, 0.25) is 5.91 Å². The van der Waals surface area contributed by atoms with Gasteiger partial charge in [-0.1, -0.05) is 19.8 Å². The highest BCUT2D eigenvalue weighted by molar-refractivity contribution is 5.93. The fraction of sp³-hybridized carbons (Fsp3) is 0.833. The van der Waals surface area contributed by atoms with E-state index in [0.29, 0.717) is 12.5 Å². The van der Waals surface area contributed by atoms with Crippen molar-refractivity contribution >= 4 is 11.8 Å². The molecule has 4 nitrogen and oxygen atoms in total. The number of carbonyl (C=O) groups excluding carboxylic acids is 2. The zero-order valence-electron chi connectivity index (χ0n) is 17.4. The third-order valence-corrected chi connectivity index (χ3v) is 10.0. The van der Waals surface area contributed by atoms with Gasteiger partial charge in [-0.3, -0.25) is 9.59 Å². The van der Waals surface area contributed by atoms with E-state index in [9.17, 15) is 9.59 Å². The highest BCUT2D eigenvalue weighted by Crippen LogP contribution is 2.71. The number of carbonyl (C=O) groups is 2. The van der Waals surface area contributed by atoms with E-state index < -0.39 is 0 Å². The van der Waals surface area contributed by atoms with Gasteiger partial charge in [0.05, 0.1) is 0 Å². The molecule has 0 radical (unpaired) electrons. The Morgan fingerprint density at radius 3 is 2.68 bits per heavy atom. The number of amides is 2. The quantitative estimate of drug-likeness (QED) is 0.683. The zero-order chi connectivity index (χ0) is 19.6. The summed E-state index contributed by atoms with van der Waals surface area (Å²) in [6.07, 6.45) is 11.3. The molecule has 2 heterocycles. The molecular formula is C24H34N2O2. The van der Waals surface area contributed by atoms with Crippen molar-refractivity contribution < 1.29 is 9.59 Å². The Morgan fingerprint density at radius 1 is 1.04 bits per heavy atom. The first-order valence-corrected chi connectivity index (χ1v) is 11.5. The number of hydrogen-bond donors (Lipinski definition) is 2. The lowest BCUT2D eigenvalue weighted by molar-refractivity contribution is -0.139. The van der Waals surface area contributed by atoms with Gasteiger partial charge in [-0.2, -0.15) is 0 Å². The fourth-order valence-electron chi connectivity index (χ4n) is 8.66. The molecule has 0 aromatic heterocycles. The van der Waals surface area contributed by atoms with Crippen molar-refractivity contribution in [2.24, 2.45) is 34.0 Å². The first kappa shape index (κ1) is 18.5. The molecule has 28 heavy (non-hydrogen) atoms. The molecule has 0 bridgehead atoms. The predicted octanol–water partition coefficient (Wildman–Crippen LogP) is 3.41. The molecule has 5 rings (SSSR count). The molecule has 1 spiro atoms. The van der Waals surface area contributed by atoms with E-state index in [4.69, 9.17) is 0 Å². The van der Waals surface area contributed by atoms with E-state index in [1.165, 1.54) is 32.1 Å². The van der Waals surface area contributed by atoms with Crippen molar-refractivity contribution in [3.63, 3.8) is 0 Å². The molecule has 7 atom stereocenters. The molecule has 1 saturated heterocycles. The molecule has 5 aliphatic rings. The molecule has 0 aromatic rings. The van der Waals surface area contributed by atoms with Gasteiger partial charge in [0.15, 0.2) is 0 Å². The maximum Gasteiger partial charge on any atom is 0.295 e. The summed E-state index contributed by atoms with van der Waals surface area (Å²) in [5.41, 5.74) is 0.558. The van der Waals surface area contributed by atoms with Crippen molar-refractivity contribution in [1.29, 1.82) is 0 Å². The van der Waals surface area contributed by atoms with Gasteiger partial charge in [-0.05, 0) is 92.3 Å². The molecular weight excluding hydrogens is 348 g/mol. The normalized spacial score (nSPS) is 49.6. The van der Waals surface area contributed by atoms with Crippen LogP contribution in [0.1, 0.15) is 78.1 Å². The maximum absolute atomic E-state index is 12.0. The molecule has 4 heteroatoms. The van der Waals surface area contributed by atoms with Crippen LogP contribution in [0, 0.1) is 45.8 Å². The molecule has 4 fully saturated rings. The van der Waals surface area contributed by atoms with Crippen molar-refractivity contribution in [2.75, 3.05) is 6.54 Å². The minimum atomic E-state index is -0.0915. The van der Waals surface area contributed by atoms with Gasteiger partial charge in [-0.15, -0.1) is 0 Å². The first-order valence-electron chi connectivity index (χ1n) is 11.5. The third-order valence-electron chi connectivity index (χ3n) is 10.0. The molecule has 3 saturated carbocycles. The molecule has 152 valence electrons.